The van der Waals surface area contributed by atoms with E-state index in [4.69, 9.17) is 44.3 Å². The molecule has 2 aromatic carbocycles. The van der Waals surface area contributed by atoms with E-state index in [0.29, 0.717) is 31.7 Å². The van der Waals surface area contributed by atoms with Crippen LogP contribution < -0.4 is 0 Å². The first kappa shape index (κ1) is 45.2. The number of H-pyrrole nitrogens is 1. The van der Waals surface area contributed by atoms with Gasteiger partial charge in [0.15, 0.2) is 0 Å². The molecule has 2 aromatic heterocycles. The number of hydrogen-bond acceptors (Lipinski definition) is 10. The Morgan fingerprint density at radius 3 is 1.49 bits per heavy atom. The van der Waals surface area contributed by atoms with Gasteiger partial charge in [0.25, 0.3) is 0 Å². The summed E-state index contributed by atoms with van der Waals surface area (Å²) in [6.45, 7) is 18.5. The van der Waals surface area contributed by atoms with Crippen molar-refractivity contribution >= 4 is 58.1 Å². The molecule has 308 valence electrons. The topological polar surface area (TPSA) is 146 Å². The normalized spacial score (nSPS) is 15.1. The molecule has 2 saturated heterocycles. The number of esters is 2. The second kappa shape index (κ2) is 20.8. The van der Waals surface area contributed by atoms with Crippen molar-refractivity contribution in [2.75, 3.05) is 52.4 Å². The van der Waals surface area contributed by atoms with Gasteiger partial charge in [-0.25, -0.2) is 14.4 Å². The molecule has 0 bridgehead atoms. The molecule has 0 radical (unpaired) electrons. The summed E-state index contributed by atoms with van der Waals surface area (Å²) in [6.07, 6.45) is 5.74. The lowest BCUT2D eigenvalue weighted by Gasteiger charge is -2.34. The van der Waals surface area contributed by atoms with Crippen LogP contribution in [0.15, 0.2) is 73.3 Å². The molecule has 2 aliphatic heterocycles. The fourth-order valence-corrected chi connectivity index (χ4v) is 6.01. The summed E-state index contributed by atoms with van der Waals surface area (Å²) >= 11 is 17.2. The van der Waals surface area contributed by atoms with Crippen molar-refractivity contribution in [2.24, 2.45) is 0 Å². The molecule has 17 heteroatoms. The molecule has 2 aliphatic rings. The van der Waals surface area contributed by atoms with Gasteiger partial charge in [-0.3, -0.25) is 19.7 Å². The molecule has 1 N–H and O–H groups in total. The number of hydrogen-bond donors (Lipinski definition) is 1. The quantitative estimate of drug-likeness (QED) is 0.118. The van der Waals surface area contributed by atoms with Crippen LogP contribution in [0.3, 0.4) is 0 Å². The SMILES string of the molecule is CC(C)(C)OC(=O)c1cn[nH]c1.CC(C)(C)OC(=O)c1cnn(C(=O)N2CCN(Cc3ccc(Cl)cc3)CC2)c1.O=C(Cl)N1CCN(Cc2ccc(Cl)cc2)CC1. The van der Waals surface area contributed by atoms with Gasteiger partial charge in [-0.05, 0) is 88.5 Å². The number of carbonyl (C=O) groups is 4. The maximum absolute atomic E-state index is 12.7. The Balaban J connectivity index is 0.000000210. The number of aromatic amines is 1. The van der Waals surface area contributed by atoms with Crippen LogP contribution in [0.5, 0.6) is 0 Å². The molecule has 2 fully saturated rings. The second-order valence-corrected chi connectivity index (χ2v) is 16.7. The van der Waals surface area contributed by atoms with Crippen molar-refractivity contribution in [1.29, 1.82) is 0 Å². The number of halogens is 3. The minimum absolute atomic E-state index is 0.235. The minimum Gasteiger partial charge on any atom is -0.456 e. The van der Waals surface area contributed by atoms with Crippen LogP contribution in [0.25, 0.3) is 0 Å². The standard InChI is InChI=1S/C20H25ClN4O3.C12H14Cl2N2O.C8H12N2O2/c1-20(2,3)28-18(26)16-12-22-25(14-16)19(27)24-10-8-23(9-11-24)13-15-4-6-17(21)7-5-15;13-11-3-1-10(2-4-11)9-15-5-7-16(8-6-15)12(14)17;1-8(2,3)12-7(11)6-4-9-10-5-6/h4-7,12,14H,8-11,13H2,1-3H3;1-4H,5-9H2;4-5H,1-3H3,(H,9,10). The van der Waals surface area contributed by atoms with Gasteiger partial charge in [0.1, 0.15) is 11.2 Å². The van der Waals surface area contributed by atoms with Gasteiger partial charge in [-0.2, -0.15) is 14.9 Å². The van der Waals surface area contributed by atoms with Gasteiger partial charge >= 0.3 is 23.3 Å². The molecule has 14 nitrogen and oxygen atoms in total. The van der Waals surface area contributed by atoms with Crippen LogP contribution in [0, 0.1) is 0 Å². The van der Waals surface area contributed by atoms with Crippen molar-refractivity contribution in [2.45, 2.75) is 65.8 Å². The predicted molar refractivity (Wildman–Crippen MR) is 220 cm³/mol. The maximum atomic E-state index is 12.7. The van der Waals surface area contributed by atoms with Crippen molar-refractivity contribution in [3.63, 3.8) is 0 Å². The molecule has 6 rings (SSSR count). The highest BCUT2D eigenvalue weighted by Gasteiger charge is 2.25. The summed E-state index contributed by atoms with van der Waals surface area (Å²) in [5.41, 5.74) is 2.10. The zero-order valence-electron chi connectivity index (χ0n) is 33.2. The summed E-state index contributed by atoms with van der Waals surface area (Å²) < 4.78 is 11.6. The third kappa shape index (κ3) is 15.8. The second-order valence-electron chi connectivity index (χ2n) is 15.5. The zero-order chi connectivity index (χ0) is 41.8. The molecular weight excluding hydrogens is 795 g/mol. The molecule has 4 aromatic rings. The van der Waals surface area contributed by atoms with Crippen LogP contribution in [-0.2, 0) is 22.6 Å². The first-order valence-corrected chi connectivity index (χ1v) is 19.7. The molecule has 0 aliphatic carbocycles. The Morgan fingerprint density at radius 1 is 0.649 bits per heavy atom. The van der Waals surface area contributed by atoms with Crippen LogP contribution in [0.4, 0.5) is 9.59 Å². The monoisotopic (exact) mass is 844 g/mol. The first-order chi connectivity index (χ1) is 26.8. The van der Waals surface area contributed by atoms with E-state index in [1.807, 2.05) is 69.3 Å². The largest absolute Gasteiger partial charge is 0.456 e. The van der Waals surface area contributed by atoms with Gasteiger partial charge < -0.3 is 19.3 Å². The van der Waals surface area contributed by atoms with Gasteiger partial charge in [-0.1, -0.05) is 47.5 Å². The van der Waals surface area contributed by atoms with E-state index in [9.17, 15) is 19.2 Å². The molecule has 4 heterocycles. The van der Waals surface area contributed by atoms with Crippen molar-refractivity contribution in [3.05, 3.63) is 106 Å². The smallest absolute Gasteiger partial charge is 0.344 e. The zero-order valence-corrected chi connectivity index (χ0v) is 35.5. The average Bonchev–Trinajstić information content (AvgIpc) is 3.87. The Morgan fingerprint density at radius 2 is 1.09 bits per heavy atom. The highest BCUT2D eigenvalue weighted by atomic mass is 35.5. The van der Waals surface area contributed by atoms with E-state index < -0.39 is 17.2 Å². The number of benzene rings is 2. The number of amides is 2. The molecule has 0 atom stereocenters. The Bertz CT molecular complexity index is 1890. The summed E-state index contributed by atoms with van der Waals surface area (Å²) in [7, 11) is 0. The van der Waals surface area contributed by atoms with Crippen LogP contribution in [0.2, 0.25) is 10.0 Å². The number of carbonyl (C=O) groups excluding carboxylic acids is 4. The van der Waals surface area contributed by atoms with E-state index in [-0.39, 0.29) is 22.9 Å². The molecular formula is C40H51Cl3N8O6. The lowest BCUT2D eigenvalue weighted by molar-refractivity contribution is 0.00570. The molecule has 0 spiro atoms. The average molecular weight is 846 g/mol. The van der Waals surface area contributed by atoms with Gasteiger partial charge in [-0.15, -0.1) is 0 Å². The summed E-state index contributed by atoms with van der Waals surface area (Å²) in [5.74, 6) is -0.837. The third-order valence-electron chi connectivity index (χ3n) is 8.45. The summed E-state index contributed by atoms with van der Waals surface area (Å²) in [4.78, 5) is 55.0. The lowest BCUT2D eigenvalue weighted by Crippen LogP contribution is -2.49. The maximum Gasteiger partial charge on any atom is 0.344 e. The van der Waals surface area contributed by atoms with Crippen molar-refractivity contribution < 1.29 is 28.7 Å². The lowest BCUT2D eigenvalue weighted by atomic mass is 10.2. The third-order valence-corrected chi connectivity index (χ3v) is 9.19. The molecule has 0 unspecified atom stereocenters. The highest BCUT2D eigenvalue weighted by Crippen LogP contribution is 2.16. The summed E-state index contributed by atoms with van der Waals surface area (Å²) in [5, 5.41) is 11.4. The minimum atomic E-state index is -0.594. The van der Waals surface area contributed by atoms with Crippen LogP contribution >= 0.6 is 34.8 Å². The Hall–Kier alpha value is -4.47. The van der Waals surface area contributed by atoms with E-state index in [2.05, 4.69) is 25.1 Å². The Labute approximate surface area is 348 Å². The fraction of sp³-hybridized carbons (Fsp3) is 0.450. The highest BCUT2D eigenvalue weighted by molar-refractivity contribution is 6.62. The number of rotatable bonds is 6. The number of piperazine rings is 2. The van der Waals surface area contributed by atoms with Crippen molar-refractivity contribution in [1.82, 2.24) is 39.6 Å². The van der Waals surface area contributed by atoms with Gasteiger partial charge in [0.2, 0.25) is 0 Å². The number of nitrogens with zero attached hydrogens (tertiary/aromatic N) is 7. The van der Waals surface area contributed by atoms with Crippen LogP contribution in [-0.4, -0.2) is 126 Å². The Kier molecular flexibility index (Phi) is 16.5. The number of aromatic nitrogens is 4. The molecule has 2 amide bonds. The van der Waals surface area contributed by atoms with Crippen LogP contribution in [0.1, 0.15) is 73.4 Å². The predicted octanol–water partition coefficient (Wildman–Crippen LogP) is 7.46. The van der Waals surface area contributed by atoms with Gasteiger partial charge in [0, 0.05) is 81.7 Å². The van der Waals surface area contributed by atoms with E-state index in [1.54, 1.807) is 30.6 Å². The number of nitrogens with one attached hydrogen (secondary N) is 1. The van der Waals surface area contributed by atoms with Gasteiger partial charge in [0.05, 0.1) is 29.7 Å². The van der Waals surface area contributed by atoms with Crippen molar-refractivity contribution in [3.8, 4) is 0 Å². The van der Waals surface area contributed by atoms with E-state index in [0.717, 1.165) is 49.3 Å². The first-order valence-electron chi connectivity index (χ1n) is 18.5. The molecule has 57 heavy (non-hydrogen) atoms. The summed E-state index contributed by atoms with van der Waals surface area (Å²) in [6, 6.07) is 15.4. The number of ether oxygens (including phenoxy) is 2. The molecule has 0 saturated carbocycles. The van der Waals surface area contributed by atoms with E-state index in [1.165, 1.54) is 40.6 Å². The fourth-order valence-electron chi connectivity index (χ4n) is 5.59. The van der Waals surface area contributed by atoms with E-state index >= 15 is 0 Å².